The number of thiazole rings is 1. The molecule has 2 aromatic heterocycles. The highest BCUT2D eigenvalue weighted by Gasteiger charge is 2.43. The largest absolute Gasteiger partial charge is 0.467 e. The van der Waals surface area contributed by atoms with Crippen LogP contribution in [0.2, 0.25) is 0 Å². The third-order valence-corrected chi connectivity index (χ3v) is 5.63. The van der Waals surface area contributed by atoms with Crippen LogP contribution in [0.5, 0.6) is 0 Å². The number of ether oxygens (including phenoxy) is 1. The maximum absolute atomic E-state index is 12.7. The summed E-state index contributed by atoms with van der Waals surface area (Å²) in [5.41, 5.74) is 0. The summed E-state index contributed by atoms with van der Waals surface area (Å²) >= 11 is 1.65. The highest BCUT2D eigenvalue weighted by Crippen LogP contribution is 2.34. The van der Waals surface area contributed by atoms with E-state index in [0.717, 1.165) is 43.4 Å². The van der Waals surface area contributed by atoms with Crippen LogP contribution in [0.4, 0.5) is 0 Å². The Kier molecular flexibility index (Phi) is 4.64. The van der Waals surface area contributed by atoms with Gasteiger partial charge in [-0.3, -0.25) is 9.69 Å². The van der Waals surface area contributed by atoms with Crippen LogP contribution in [0.1, 0.15) is 17.2 Å². The zero-order valence-corrected chi connectivity index (χ0v) is 14.2. The van der Waals surface area contributed by atoms with E-state index in [1.54, 1.807) is 17.6 Å². The molecule has 1 N–H and O–H groups in total. The highest BCUT2D eigenvalue weighted by atomic mass is 32.1. The van der Waals surface area contributed by atoms with Crippen LogP contribution in [0.25, 0.3) is 0 Å². The first-order valence-corrected chi connectivity index (χ1v) is 9.20. The number of amides is 1. The number of carbonyl (C=O) groups is 1. The number of carbonyl (C=O) groups excluding carboxylic acids is 1. The highest BCUT2D eigenvalue weighted by molar-refractivity contribution is 7.09. The van der Waals surface area contributed by atoms with Crippen molar-refractivity contribution in [3.8, 4) is 0 Å². The summed E-state index contributed by atoms with van der Waals surface area (Å²) in [6, 6.07) is 3.70. The molecule has 0 bridgehead atoms. The molecule has 0 aliphatic carbocycles. The van der Waals surface area contributed by atoms with Gasteiger partial charge in [0, 0.05) is 37.2 Å². The van der Waals surface area contributed by atoms with Crippen molar-refractivity contribution in [2.75, 3.05) is 19.7 Å². The summed E-state index contributed by atoms with van der Waals surface area (Å²) in [6.45, 7) is 3.61. The van der Waals surface area contributed by atoms with Crippen LogP contribution in [0, 0.1) is 11.8 Å². The molecular formula is C17H21N3O3S. The molecule has 0 saturated carbocycles. The number of hydrogen-bond donors (Lipinski definition) is 1. The molecule has 6 nitrogen and oxygen atoms in total. The fourth-order valence-electron chi connectivity index (χ4n) is 3.70. The number of rotatable bonds is 5. The van der Waals surface area contributed by atoms with Crippen molar-refractivity contribution in [1.29, 1.82) is 0 Å². The molecule has 128 valence electrons. The van der Waals surface area contributed by atoms with Crippen molar-refractivity contribution in [3.05, 3.63) is 40.7 Å². The van der Waals surface area contributed by atoms with Crippen LogP contribution in [0.15, 0.2) is 34.4 Å². The number of hydrogen-bond acceptors (Lipinski definition) is 6. The number of aromatic nitrogens is 1. The van der Waals surface area contributed by atoms with Crippen molar-refractivity contribution in [3.63, 3.8) is 0 Å². The molecule has 24 heavy (non-hydrogen) atoms. The predicted molar refractivity (Wildman–Crippen MR) is 89.3 cm³/mol. The lowest BCUT2D eigenvalue weighted by atomic mass is 9.82. The summed E-state index contributed by atoms with van der Waals surface area (Å²) < 4.78 is 11.2. The van der Waals surface area contributed by atoms with Crippen molar-refractivity contribution in [1.82, 2.24) is 15.2 Å². The summed E-state index contributed by atoms with van der Waals surface area (Å²) in [5.74, 6) is 1.14. The molecule has 7 heteroatoms. The fourth-order valence-corrected chi connectivity index (χ4v) is 4.36. The van der Waals surface area contributed by atoms with E-state index in [-0.39, 0.29) is 17.9 Å². The minimum absolute atomic E-state index is 0.0406. The summed E-state index contributed by atoms with van der Waals surface area (Å²) in [5, 5.41) is 6.09. The van der Waals surface area contributed by atoms with Gasteiger partial charge in [-0.1, -0.05) is 0 Å². The Morgan fingerprint density at radius 2 is 2.42 bits per heavy atom. The molecule has 4 rings (SSSR count). The second kappa shape index (κ2) is 7.04. The predicted octanol–water partition coefficient (Wildman–Crippen LogP) is 1.89. The zero-order chi connectivity index (χ0) is 16.4. The monoisotopic (exact) mass is 347 g/mol. The molecule has 1 amide bonds. The maximum Gasteiger partial charge on any atom is 0.225 e. The first-order valence-electron chi connectivity index (χ1n) is 8.32. The Balaban J connectivity index is 1.41. The molecule has 0 aromatic carbocycles. The fraction of sp³-hybridized carbons (Fsp3) is 0.529. The van der Waals surface area contributed by atoms with Gasteiger partial charge >= 0.3 is 0 Å². The van der Waals surface area contributed by atoms with Crippen molar-refractivity contribution in [2.45, 2.75) is 25.6 Å². The molecule has 2 aromatic rings. The van der Waals surface area contributed by atoms with E-state index in [4.69, 9.17) is 9.15 Å². The van der Waals surface area contributed by atoms with Gasteiger partial charge in [0.2, 0.25) is 5.91 Å². The van der Waals surface area contributed by atoms with Gasteiger partial charge in [0.15, 0.2) is 0 Å². The van der Waals surface area contributed by atoms with E-state index in [9.17, 15) is 4.79 Å². The van der Waals surface area contributed by atoms with Gasteiger partial charge in [-0.25, -0.2) is 4.98 Å². The minimum Gasteiger partial charge on any atom is -0.467 e. The van der Waals surface area contributed by atoms with Crippen molar-refractivity contribution in [2.24, 2.45) is 11.8 Å². The smallest absolute Gasteiger partial charge is 0.225 e. The zero-order valence-electron chi connectivity index (χ0n) is 13.4. The van der Waals surface area contributed by atoms with E-state index in [1.807, 2.05) is 23.7 Å². The minimum atomic E-state index is -0.0406. The van der Waals surface area contributed by atoms with Crippen molar-refractivity contribution < 1.29 is 13.9 Å². The molecule has 3 atom stereocenters. The van der Waals surface area contributed by atoms with Crippen LogP contribution in [-0.2, 0) is 22.6 Å². The molecule has 0 radical (unpaired) electrons. The Hall–Kier alpha value is -1.70. The Bertz CT molecular complexity index is 659. The molecule has 2 saturated heterocycles. The second-order valence-corrected chi connectivity index (χ2v) is 7.36. The van der Waals surface area contributed by atoms with Crippen LogP contribution in [-0.4, -0.2) is 41.6 Å². The summed E-state index contributed by atoms with van der Waals surface area (Å²) in [4.78, 5) is 19.4. The maximum atomic E-state index is 12.7. The van der Waals surface area contributed by atoms with Crippen LogP contribution in [0.3, 0.4) is 0 Å². The number of nitrogens with zero attached hydrogens (tertiary/aromatic N) is 2. The van der Waals surface area contributed by atoms with E-state index in [0.29, 0.717) is 12.5 Å². The lowest BCUT2D eigenvalue weighted by Crippen LogP contribution is -2.52. The lowest BCUT2D eigenvalue weighted by molar-refractivity contribution is -0.131. The molecular weight excluding hydrogens is 326 g/mol. The molecule has 0 spiro atoms. The third-order valence-electron chi connectivity index (χ3n) is 4.87. The third kappa shape index (κ3) is 3.38. The standard InChI is InChI=1S/C17H21N3O3S/c21-17(19-8-12-2-1-5-22-12)14-9-20(11-16-18-4-7-24-16)10-15-13(14)3-6-23-15/h1-2,4-5,7,13-15H,3,6,8-11H2,(H,19,21)/t13-,14-,15+/m1/s1. The number of likely N-dealkylation sites (tertiary alicyclic amines) is 1. The van der Waals surface area contributed by atoms with Gasteiger partial charge < -0.3 is 14.5 Å². The summed E-state index contributed by atoms with van der Waals surface area (Å²) in [6.07, 6.45) is 4.57. The molecule has 4 heterocycles. The van der Waals surface area contributed by atoms with Gasteiger partial charge in [0.05, 0.1) is 31.4 Å². The second-order valence-electron chi connectivity index (χ2n) is 6.39. The van der Waals surface area contributed by atoms with E-state index >= 15 is 0 Å². The van der Waals surface area contributed by atoms with Crippen molar-refractivity contribution >= 4 is 17.2 Å². The first kappa shape index (κ1) is 15.8. The first-order chi connectivity index (χ1) is 11.8. The molecule has 2 fully saturated rings. The Morgan fingerprint density at radius 3 is 3.21 bits per heavy atom. The molecule has 2 aliphatic rings. The van der Waals surface area contributed by atoms with Gasteiger partial charge in [-0.15, -0.1) is 11.3 Å². The van der Waals surface area contributed by atoms with E-state index < -0.39 is 0 Å². The average Bonchev–Trinajstić information content (AvgIpc) is 3.33. The Morgan fingerprint density at radius 1 is 1.46 bits per heavy atom. The van der Waals surface area contributed by atoms with Crippen LogP contribution < -0.4 is 5.32 Å². The SMILES string of the molecule is O=C(NCc1ccco1)[C@@H]1CN(Cc2nccs2)C[C@@H]2OCC[C@@H]21. The topological polar surface area (TPSA) is 67.6 Å². The number of fused-ring (bicyclic) bond motifs is 1. The Labute approximate surface area is 144 Å². The van der Waals surface area contributed by atoms with Gasteiger partial charge in [-0.05, 0) is 18.6 Å². The quantitative estimate of drug-likeness (QED) is 0.895. The van der Waals surface area contributed by atoms with E-state index in [1.165, 1.54) is 0 Å². The normalized spacial score (nSPS) is 27.1. The molecule has 0 unspecified atom stereocenters. The van der Waals surface area contributed by atoms with Gasteiger partial charge in [-0.2, -0.15) is 0 Å². The van der Waals surface area contributed by atoms with Gasteiger partial charge in [0.1, 0.15) is 10.8 Å². The van der Waals surface area contributed by atoms with Gasteiger partial charge in [0.25, 0.3) is 0 Å². The average molecular weight is 347 g/mol. The molecule has 2 aliphatic heterocycles. The van der Waals surface area contributed by atoms with E-state index in [2.05, 4.69) is 15.2 Å². The lowest BCUT2D eigenvalue weighted by Gasteiger charge is -2.38. The summed E-state index contributed by atoms with van der Waals surface area (Å²) in [7, 11) is 0. The number of furan rings is 1. The van der Waals surface area contributed by atoms with Crippen LogP contribution >= 0.6 is 11.3 Å². The number of nitrogens with one attached hydrogen (secondary N) is 1. The number of piperidine rings is 1.